The zero-order valence-corrected chi connectivity index (χ0v) is 14.8. The van der Waals surface area contributed by atoms with Crippen molar-refractivity contribution in [2.24, 2.45) is 0 Å². The molecule has 2 heterocycles. The molecule has 0 unspecified atom stereocenters. The second-order valence-electron chi connectivity index (χ2n) is 5.29. The van der Waals surface area contributed by atoms with Crippen molar-refractivity contribution in [1.82, 2.24) is 14.7 Å². The van der Waals surface area contributed by atoms with Crippen molar-refractivity contribution in [2.75, 3.05) is 0 Å². The molecule has 3 nitrogen and oxygen atoms in total. The van der Waals surface area contributed by atoms with E-state index < -0.39 is 0 Å². The molecule has 0 radical (unpaired) electrons. The Bertz CT molecular complexity index is 758. The summed E-state index contributed by atoms with van der Waals surface area (Å²) in [6, 6.07) is 8.77. The number of aryl methyl sites for hydroxylation is 2. The summed E-state index contributed by atoms with van der Waals surface area (Å²) in [5.41, 5.74) is 3.65. The van der Waals surface area contributed by atoms with Crippen molar-refractivity contribution >= 4 is 32.2 Å². The summed E-state index contributed by atoms with van der Waals surface area (Å²) in [4.78, 5) is 7.00. The smallest absolute Gasteiger partial charge is 0.194 e. The predicted molar refractivity (Wildman–Crippen MR) is 91.9 cm³/mol. The van der Waals surface area contributed by atoms with Crippen LogP contribution in [-0.2, 0) is 6.54 Å². The predicted octanol–water partition coefficient (Wildman–Crippen LogP) is 4.63. The number of imidazole rings is 1. The molecule has 0 aliphatic heterocycles. The van der Waals surface area contributed by atoms with E-state index in [0.717, 1.165) is 21.7 Å². The largest absolute Gasteiger partial charge is 0.305 e. The van der Waals surface area contributed by atoms with Crippen LogP contribution in [0.2, 0.25) is 0 Å². The Labute approximate surface area is 137 Å². The van der Waals surface area contributed by atoms with Crippen molar-refractivity contribution in [1.29, 1.82) is 0 Å². The highest BCUT2D eigenvalue weighted by molar-refractivity contribution is 9.10. The molecule has 21 heavy (non-hydrogen) atoms. The third-order valence-electron chi connectivity index (χ3n) is 3.69. The highest BCUT2D eigenvalue weighted by Crippen LogP contribution is 2.22. The second-order valence-corrected chi connectivity index (χ2v) is 7.42. The van der Waals surface area contributed by atoms with Crippen LogP contribution in [-0.4, -0.2) is 9.38 Å². The number of hydrogen-bond donors (Lipinski definition) is 1. The van der Waals surface area contributed by atoms with Gasteiger partial charge in [-0.25, -0.2) is 4.98 Å². The van der Waals surface area contributed by atoms with Crippen LogP contribution in [0.25, 0.3) is 4.96 Å². The second kappa shape index (κ2) is 5.91. The molecule has 2 aromatic heterocycles. The maximum Gasteiger partial charge on any atom is 0.194 e. The van der Waals surface area contributed by atoms with Gasteiger partial charge < -0.3 is 5.32 Å². The van der Waals surface area contributed by atoms with Crippen molar-refractivity contribution < 1.29 is 0 Å². The first-order chi connectivity index (χ1) is 10.0. The zero-order chi connectivity index (χ0) is 15.0. The number of aromatic nitrogens is 2. The van der Waals surface area contributed by atoms with E-state index in [0.29, 0.717) is 6.04 Å². The van der Waals surface area contributed by atoms with Crippen molar-refractivity contribution in [2.45, 2.75) is 33.4 Å². The first-order valence-electron chi connectivity index (χ1n) is 6.97. The number of nitrogens with zero attached hydrogens (tertiary/aromatic N) is 2. The lowest BCUT2D eigenvalue weighted by atomic mass is 10.1. The maximum atomic E-state index is 4.63. The van der Waals surface area contributed by atoms with Crippen molar-refractivity contribution in [3.8, 4) is 0 Å². The summed E-state index contributed by atoms with van der Waals surface area (Å²) < 4.78 is 3.32. The summed E-state index contributed by atoms with van der Waals surface area (Å²) in [7, 11) is 0. The number of rotatable bonds is 4. The monoisotopic (exact) mass is 363 g/mol. The molecule has 1 aromatic carbocycles. The first-order valence-corrected chi connectivity index (χ1v) is 8.58. The summed E-state index contributed by atoms with van der Waals surface area (Å²) in [5.74, 6) is 0. The molecule has 0 saturated carbocycles. The van der Waals surface area contributed by atoms with Gasteiger partial charge in [-0.15, -0.1) is 11.3 Å². The van der Waals surface area contributed by atoms with Gasteiger partial charge >= 0.3 is 0 Å². The number of hydrogen-bond acceptors (Lipinski definition) is 3. The van der Waals surface area contributed by atoms with Gasteiger partial charge in [0.15, 0.2) is 4.96 Å². The fraction of sp³-hybridized carbons (Fsp3) is 0.312. The SMILES string of the molecule is Cc1cn2c(CN[C@@H](C)c3ccc(Br)cc3)c(C)nc2s1. The molecule has 0 aliphatic carbocycles. The van der Waals surface area contributed by atoms with E-state index in [1.165, 1.54) is 16.1 Å². The molecule has 0 saturated heterocycles. The minimum atomic E-state index is 0.308. The Balaban J connectivity index is 1.76. The number of fused-ring (bicyclic) bond motifs is 1. The molecule has 5 heteroatoms. The van der Waals surface area contributed by atoms with E-state index in [1.54, 1.807) is 11.3 Å². The van der Waals surface area contributed by atoms with Crippen LogP contribution in [0, 0.1) is 13.8 Å². The Morgan fingerprint density at radius 1 is 1.29 bits per heavy atom. The van der Waals surface area contributed by atoms with E-state index in [2.05, 4.69) is 81.9 Å². The molecule has 3 aromatic rings. The van der Waals surface area contributed by atoms with Gasteiger partial charge in [-0.05, 0) is 38.5 Å². The van der Waals surface area contributed by atoms with Crippen LogP contribution in [0.3, 0.4) is 0 Å². The Kier molecular flexibility index (Phi) is 4.15. The molecule has 1 N–H and O–H groups in total. The first kappa shape index (κ1) is 14.8. The molecule has 0 aliphatic rings. The summed E-state index contributed by atoms with van der Waals surface area (Å²) in [6.45, 7) is 7.21. The van der Waals surface area contributed by atoms with Crippen LogP contribution < -0.4 is 5.32 Å². The Morgan fingerprint density at radius 2 is 2.00 bits per heavy atom. The van der Waals surface area contributed by atoms with E-state index in [9.17, 15) is 0 Å². The van der Waals surface area contributed by atoms with Gasteiger partial charge in [0.25, 0.3) is 0 Å². The number of benzene rings is 1. The van der Waals surface area contributed by atoms with Crippen LogP contribution in [0.4, 0.5) is 0 Å². The molecule has 0 bridgehead atoms. The van der Waals surface area contributed by atoms with Gasteiger partial charge in [-0.1, -0.05) is 28.1 Å². The van der Waals surface area contributed by atoms with Crippen molar-refractivity contribution in [3.05, 3.63) is 56.8 Å². The van der Waals surface area contributed by atoms with Gasteiger partial charge in [-0.3, -0.25) is 4.40 Å². The third kappa shape index (κ3) is 3.05. The van der Waals surface area contributed by atoms with Gasteiger partial charge in [0.05, 0.1) is 11.4 Å². The molecule has 0 fully saturated rings. The third-order valence-corrected chi connectivity index (χ3v) is 5.11. The van der Waals surface area contributed by atoms with E-state index in [-0.39, 0.29) is 0 Å². The zero-order valence-electron chi connectivity index (χ0n) is 12.4. The summed E-state index contributed by atoms with van der Waals surface area (Å²) >= 11 is 5.21. The average molecular weight is 364 g/mol. The summed E-state index contributed by atoms with van der Waals surface area (Å²) in [5, 5.41) is 3.59. The lowest BCUT2D eigenvalue weighted by molar-refractivity contribution is 0.564. The molecule has 0 amide bonds. The van der Waals surface area contributed by atoms with Crippen LogP contribution >= 0.6 is 27.3 Å². The molecular formula is C16H18BrN3S. The molecule has 1 atom stereocenters. The van der Waals surface area contributed by atoms with E-state index in [4.69, 9.17) is 0 Å². The van der Waals surface area contributed by atoms with E-state index in [1.807, 2.05) is 0 Å². The minimum Gasteiger partial charge on any atom is -0.305 e. The molecular weight excluding hydrogens is 346 g/mol. The number of nitrogens with one attached hydrogen (secondary N) is 1. The normalized spacial score (nSPS) is 13.0. The lowest BCUT2D eigenvalue weighted by Crippen LogP contribution is -2.19. The topological polar surface area (TPSA) is 29.3 Å². The highest BCUT2D eigenvalue weighted by Gasteiger charge is 2.12. The maximum absolute atomic E-state index is 4.63. The van der Waals surface area contributed by atoms with Crippen LogP contribution in [0.15, 0.2) is 34.9 Å². The average Bonchev–Trinajstić information content (AvgIpc) is 2.92. The van der Waals surface area contributed by atoms with Gasteiger partial charge in [0.1, 0.15) is 0 Å². The molecule has 0 spiro atoms. The molecule has 3 rings (SSSR count). The van der Waals surface area contributed by atoms with Gasteiger partial charge in [0, 0.05) is 28.1 Å². The fourth-order valence-corrected chi connectivity index (χ4v) is 3.60. The Morgan fingerprint density at radius 3 is 2.71 bits per heavy atom. The number of halogens is 1. The fourth-order valence-electron chi connectivity index (χ4n) is 2.44. The quantitative estimate of drug-likeness (QED) is 0.732. The number of thiazole rings is 1. The highest BCUT2D eigenvalue weighted by atomic mass is 79.9. The molecule has 110 valence electrons. The van der Waals surface area contributed by atoms with Crippen LogP contribution in [0.1, 0.15) is 34.8 Å². The minimum absolute atomic E-state index is 0.308. The van der Waals surface area contributed by atoms with Crippen molar-refractivity contribution in [3.63, 3.8) is 0 Å². The summed E-state index contributed by atoms with van der Waals surface area (Å²) in [6.07, 6.45) is 2.17. The standard InChI is InChI=1S/C16H18BrN3S/c1-10-9-20-15(12(3)19-16(20)21-10)8-18-11(2)13-4-6-14(17)7-5-13/h4-7,9,11,18H,8H2,1-3H3/t11-/m0/s1. The van der Waals surface area contributed by atoms with Gasteiger partial charge in [0.2, 0.25) is 0 Å². The van der Waals surface area contributed by atoms with E-state index >= 15 is 0 Å². The Hall–Kier alpha value is -1.17. The van der Waals surface area contributed by atoms with Gasteiger partial charge in [-0.2, -0.15) is 0 Å². The lowest BCUT2D eigenvalue weighted by Gasteiger charge is -2.14. The van der Waals surface area contributed by atoms with Crippen LogP contribution in [0.5, 0.6) is 0 Å².